The van der Waals surface area contributed by atoms with E-state index in [2.05, 4.69) is 6.92 Å². The summed E-state index contributed by atoms with van der Waals surface area (Å²) in [5.74, 6) is 0.877. The highest BCUT2D eigenvalue weighted by Crippen LogP contribution is 2.25. The minimum Gasteiger partial charge on any atom is -0.479 e. The fraction of sp³-hybridized carbons (Fsp3) is 0.333. The Balaban J connectivity index is 1.75. The maximum Gasteiger partial charge on any atom is 0.347 e. The molecule has 0 saturated carbocycles. The summed E-state index contributed by atoms with van der Waals surface area (Å²) < 4.78 is 22.1. The monoisotopic (exact) mass is 410 g/mol. The van der Waals surface area contributed by atoms with Crippen molar-refractivity contribution in [2.24, 2.45) is 5.92 Å². The average molecular weight is 410 g/mol. The van der Waals surface area contributed by atoms with Crippen LogP contribution in [-0.4, -0.2) is 18.7 Å². The minimum atomic E-state index is -0.776. The second kappa shape index (κ2) is 9.48. The molecule has 0 spiro atoms. The number of hydrogen-bond acceptors (Lipinski definition) is 6. The smallest absolute Gasteiger partial charge is 0.347 e. The van der Waals surface area contributed by atoms with Crippen LogP contribution in [0.4, 0.5) is 0 Å². The molecule has 0 bridgehead atoms. The van der Waals surface area contributed by atoms with Crippen molar-refractivity contribution in [1.29, 1.82) is 0 Å². The quantitative estimate of drug-likeness (QED) is 0.480. The zero-order valence-corrected chi connectivity index (χ0v) is 17.6. The first-order valence-corrected chi connectivity index (χ1v) is 10.0. The number of rotatable bonds is 8. The molecule has 0 aliphatic heterocycles. The fourth-order valence-electron chi connectivity index (χ4n) is 2.77. The molecule has 0 aliphatic carbocycles. The minimum absolute atomic E-state index is 0.103. The standard InChI is InChI=1S/C24H26O6/c1-5-17-6-8-18(9-7-17)30-22-14-27-21-12-19(10-11-20(21)23(22)25)29-16(4)24(26)28-13-15(2)3/h6-12,14-16H,5,13H2,1-4H3/t16-/m1/s1. The van der Waals surface area contributed by atoms with Crippen LogP contribution in [-0.2, 0) is 16.0 Å². The Morgan fingerprint density at radius 2 is 1.73 bits per heavy atom. The maximum atomic E-state index is 12.7. The van der Waals surface area contributed by atoms with Gasteiger partial charge in [-0.2, -0.15) is 0 Å². The summed E-state index contributed by atoms with van der Waals surface area (Å²) in [6.45, 7) is 7.94. The molecule has 0 amide bonds. The van der Waals surface area contributed by atoms with E-state index in [4.69, 9.17) is 18.6 Å². The Labute approximate surface area is 175 Å². The molecule has 30 heavy (non-hydrogen) atoms. The first-order valence-electron chi connectivity index (χ1n) is 10.0. The first-order chi connectivity index (χ1) is 14.4. The van der Waals surface area contributed by atoms with Gasteiger partial charge in [0, 0.05) is 6.07 Å². The SMILES string of the molecule is CCc1ccc(Oc2coc3cc(O[C@H](C)C(=O)OCC(C)C)ccc3c2=O)cc1. The molecule has 158 valence electrons. The van der Waals surface area contributed by atoms with Gasteiger partial charge in [-0.05, 0) is 49.1 Å². The fourth-order valence-corrected chi connectivity index (χ4v) is 2.77. The third kappa shape index (κ3) is 5.20. The Kier molecular flexibility index (Phi) is 6.77. The largest absolute Gasteiger partial charge is 0.479 e. The van der Waals surface area contributed by atoms with E-state index in [1.807, 2.05) is 38.1 Å². The molecular formula is C24H26O6. The lowest BCUT2D eigenvalue weighted by Crippen LogP contribution is -2.27. The highest BCUT2D eigenvalue weighted by atomic mass is 16.6. The molecule has 3 aromatic rings. The molecule has 0 unspecified atom stereocenters. The maximum absolute atomic E-state index is 12.7. The van der Waals surface area contributed by atoms with Gasteiger partial charge in [-0.1, -0.05) is 32.9 Å². The van der Waals surface area contributed by atoms with Gasteiger partial charge in [0.2, 0.25) is 11.2 Å². The third-order valence-electron chi connectivity index (χ3n) is 4.48. The van der Waals surface area contributed by atoms with Gasteiger partial charge in [-0.3, -0.25) is 4.79 Å². The molecule has 0 saturated heterocycles. The van der Waals surface area contributed by atoms with Crippen LogP contribution in [0.25, 0.3) is 11.0 Å². The number of carbonyl (C=O) groups excluding carboxylic acids is 1. The molecule has 0 fully saturated rings. The number of benzene rings is 2. The van der Waals surface area contributed by atoms with E-state index in [9.17, 15) is 9.59 Å². The second-order valence-corrected chi connectivity index (χ2v) is 7.47. The summed E-state index contributed by atoms with van der Waals surface area (Å²) in [5.41, 5.74) is 1.24. The molecule has 6 heteroatoms. The Morgan fingerprint density at radius 3 is 2.40 bits per heavy atom. The van der Waals surface area contributed by atoms with Crippen molar-refractivity contribution in [3.8, 4) is 17.2 Å². The lowest BCUT2D eigenvalue weighted by atomic mass is 10.2. The van der Waals surface area contributed by atoms with Crippen molar-refractivity contribution in [3.63, 3.8) is 0 Å². The number of carbonyl (C=O) groups is 1. The highest BCUT2D eigenvalue weighted by Gasteiger charge is 2.18. The van der Waals surface area contributed by atoms with E-state index in [1.165, 1.54) is 11.8 Å². The van der Waals surface area contributed by atoms with Crippen LogP contribution >= 0.6 is 0 Å². The normalized spacial score (nSPS) is 12.0. The number of fused-ring (bicyclic) bond motifs is 1. The molecule has 2 aromatic carbocycles. The molecule has 1 heterocycles. The summed E-state index contributed by atoms with van der Waals surface area (Å²) in [7, 11) is 0. The van der Waals surface area contributed by atoms with Crippen molar-refractivity contribution < 1.29 is 23.4 Å². The van der Waals surface area contributed by atoms with Gasteiger partial charge in [0.25, 0.3) is 0 Å². The summed E-state index contributed by atoms with van der Waals surface area (Å²) >= 11 is 0. The summed E-state index contributed by atoms with van der Waals surface area (Å²) in [6, 6.07) is 12.3. The van der Waals surface area contributed by atoms with Gasteiger partial charge in [0.05, 0.1) is 12.0 Å². The predicted octanol–water partition coefficient (Wildman–Crippen LogP) is 5.11. The molecule has 0 radical (unpaired) electrons. The molecule has 0 N–H and O–H groups in total. The second-order valence-electron chi connectivity index (χ2n) is 7.47. The van der Waals surface area contributed by atoms with Crippen molar-refractivity contribution in [2.75, 3.05) is 6.61 Å². The van der Waals surface area contributed by atoms with Crippen molar-refractivity contribution >= 4 is 16.9 Å². The van der Waals surface area contributed by atoms with E-state index in [0.29, 0.717) is 29.1 Å². The molecule has 1 atom stereocenters. The summed E-state index contributed by atoms with van der Waals surface area (Å²) in [6.07, 6.45) is 1.43. The van der Waals surface area contributed by atoms with Crippen molar-refractivity contribution in [3.05, 3.63) is 64.5 Å². The summed E-state index contributed by atoms with van der Waals surface area (Å²) in [4.78, 5) is 24.7. The Hall–Kier alpha value is -3.28. The van der Waals surface area contributed by atoms with Crippen molar-refractivity contribution in [2.45, 2.75) is 40.2 Å². The summed E-state index contributed by atoms with van der Waals surface area (Å²) in [5, 5.41) is 0.361. The third-order valence-corrected chi connectivity index (χ3v) is 4.48. The van der Waals surface area contributed by atoms with Crippen LogP contribution in [0.5, 0.6) is 17.2 Å². The van der Waals surface area contributed by atoms with Crippen LogP contribution in [0, 0.1) is 5.92 Å². The van der Waals surface area contributed by atoms with E-state index >= 15 is 0 Å². The topological polar surface area (TPSA) is 75.0 Å². The molecular weight excluding hydrogens is 384 g/mol. The molecule has 6 nitrogen and oxygen atoms in total. The zero-order valence-electron chi connectivity index (χ0n) is 17.6. The first kappa shape index (κ1) is 21.4. The number of esters is 1. The Morgan fingerprint density at radius 1 is 1.03 bits per heavy atom. The van der Waals surface area contributed by atoms with Crippen LogP contribution in [0.1, 0.15) is 33.3 Å². The number of hydrogen-bond donors (Lipinski definition) is 0. The van der Waals surface area contributed by atoms with Crippen LogP contribution < -0.4 is 14.9 Å². The number of aryl methyl sites for hydroxylation is 1. The van der Waals surface area contributed by atoms with Gasteiger partial charge in [0.1, 0.15) is 23.3 Å². The van der Waals surface area contributed by atoms with Gasteiger partial charge in [-0.25, -0.2) is 4.79 Å². The van der Waals surface area contributed by atoms with E-state index in [1.54, 1.807) is 25.1 Å². The van der Waals surface area contributed by atoms with E-state index < -0.39 is 12.1 Å². The zero-order chi connectivity index (χ0) is 21.7. The average Bonchev–Trinajstić information content (AvgIpc) is 2.74. The van der Waals surface area contributed by atoms with Gasteiger partial charge in [0.15, 0.2) is 6.10 Å². The Bertz CT molecular complexity index is 1070. The van der Waals surface area contributed by atoms with Crippen LogP contribution in [0.15, 0.2) is 57.9 Å². The van der Waals surface area contributed by atoms with Crippen LogP contribution in [0.2, 0.25) is 0 Å². The molecule has 1 aromatic heterocycles. The molecule has 0 aliphatic rings. The predicted molar refractivity (Wildman–Crippen MR) is 114 cm³/mol. The van der Waals surface area contributed by atoms with Crippen LogP contribution in [0.3, 0.4) is 0 Å². The lowest BCUT2D eigenvalue weighted by molar-refractivity contribution is -0.152. The van der Waals surface area contributed by atoms with Crippen molar-refractivity contribution in [1.82, 2.24) is 0 Å². The number of ether oxygens (including phenoxy) is 3. The lowest BCUT2D eigenvalue weighted by Gasteiger charge is -2.15. The van der Waals surface area contributed by atoms with E-state index in [-0.39, 0.29) is 17.1 Å². The highest BCUT2D eigenvalue weighted by molar-refractivity contribution is 5.79. The van der Waals surface area contributed by atoms with Gasteiger partial charge >= 0.3 is 5.97 Å². The molecule has 3 rings (SSSR count). The van der Waals surface area contributed by atoms with Gasteiger partial charge in [-0.15, -0.1) is 0 Å². The van der Waals surface area contributed by atoms with E-state index in [0.717, 1.165) is 6.42 Å². The van der Waals surface area contributed by atoms with Gasteiger partial charge < -0.3 is 18.6 Å².